The van der Waals surface area contributed by atoms with E-state index in [-0.39, 0.29) is 24.5 Å². The minimum absolute atomic E-state index is 0.0801. The third kappa shape index (κ3) is 4.87. The van der Waals surface area contributed by atoms with E-state index >= 15 is 0 Å². The summed E-state index contributed by atoms with van der Waals surface area (Å²) in [6, 6.07) is 0. The molecule has 0 saturated carbocycles. The standard InChI is InChI=1S/C10H21N3O3S2/c1-3-5-6-13(7-9(11)14)18(15,16)8(4-2)10(12)17/h8H,3-7H2,1-2H3,(H2,11,14)(H2,12,17). The molecule has 0 aromatic rings. The number of carbonyl (C=O) groups is 1. The van der Waals surface area contributed by atoms with Crippen LogP contribution < -0.4 is 11.5 Å². The van der Waals surface area contributed by atoms with Gasteiger partial charge < -0.3 is 11.5 Å². The van der Waals surface area contributed by atoms with Crippen LogP contribution in [-0.2, 0) is 14.8 Å². The highest BCUT2D eigenvalue weighted by atomic mass is 32.2. The quantitative estimate of drug-likeness (QED) is 0.581. The Morgan fingerprint density at radius 1 is 1.33 bits per heavy atom. The van der Waals surface area contributed by atoms with Gasteiger partial charge in [-0.3, -0.25) is 4.79 Å². The fourth-order valence-corrected chi connectivity index (χ4v) is 3.84. The van der Waals surface area contributed by atoms with E-state index in [0.717, 1.165) is 10.7 Å². The number of hydrogen-bond acceptors (Lipinski definition) is 4. The molecule has 8 heteroatoms. The minimum Gasteiger partial charge on any atom is -0.392 e. The van der Waals surface area contributed by atoms with E-state index in [0.29, 0.717) is 6.42 Å². The highest BCUT2D eigenvalue weighted by Crippen LogP contribution is 2.14. The predicted molar refractivity (Wildman–Crippen MR) is 75.5 cm³/mol. The Labute approximate surface area is 114 Å². The van der Waals surface area contributed by atoms with Crippen molar-refractivity contribution in [3.63, 3.8) is 0 Å². The number of primary amides is 1. The Bertz CT molecular complexity index is 395. The van der Waals surface area contributed by atoms with Gasteiger partial charge in [0.05, 0.1) is 11.5 Å². The maximum atomic E-state index is 12.3. The number of nitrogens with zero attached hydrogens (tertiary/aromatic N) is 1. The molecule has 4 N–H and O–H groups in total. The van der Waals surface area contributed by atoms with Crippen molar-refractivity contribution >= 4 is 33.1 Å². The largest absolute Gasteiger partial charge is 0.392 e. The number of sulfonamides is 1. The third-order valence-corrected chi connectivity index (χ3v) is 5.27. The molecule has 1 atom stereocenters. The molecule has 0 aliphatic heterocycles. The Balaban J connectivity index is 5.16. The number of nitrogens with two attached hydrogens (primary N) is 2. The molecule has 18 heavy (non-hydrogen) atoms. The van der Waals surface area contributed by atoms with Crippen LogP contribution in [0.1, 0.15) is 33.1 Å². The van der Waals surface area contributed by atoms with Crippen molar-refractivity contribution < 1.29 is 13.2 Å². The molecular weight excluding hydrogens is 274 g/mol. The van der Waals surface area contributed by atoms with Gasteiger partial charge in [-0.25, -0.2) is 8.42 Å². The van der Waals surface area contributed by atoms with Gasteiger partial charge in [0.15, 0.2) is 0 Å². The van der Waals surface area contributed by atoms with E-state index in [1.54, 1.807) is 6.92 Å². The van der Waals surface area contributed by atoms with E-state index in [2.05, 4.69) is 0 Å². The monoisotopic (exact) mass is 295 g/mol. The zero-order valence-corrected chi connectivity index (χ0v) is 12.4. The van der Waals surface area contributed by atoms with Crippen molar-refractivity contribution in [3.8, 4) is 0 Å². The second-order valence-corrected chi connectivity index (χ2v) is 6.58. The highest BCUT2D eigenvalue weighted by molar-refractivity contribution is 7.92. The fraction of sp³-hybridized carbons (Fsp3) is 0.800. The van der Waals surface area contributed by atoms with Gasteiger partial charge in [-0.15, -0.1) is 0 Å². The molecule has 0 heterocycles. The predicted octanol–water partition coefficient (Wildman–Crippen LogP) is -0.0317. The normalized spacial score (nSPS) is 13.5. The lowest BCUT2D eigenvalue weighted by Crippen LogP contribution is -2.47. The topological polar surface area (TPSA) is 106 Å². The van der Waals surface area contributed by atoms with Crippen LogP contribution in [0.5, 0.6) is 0 Å². The summed E-state index contributed by atoms with van der Waals surface area (Å²) >= 11 is 4.77. The molecule has 106 valence electrons. The van der Waals surface area contributed by atoms with Crippen LogP contribution in [0.4, 0.5) is 0 Å². The first-order valence-corrected chi connectivity index (χ1v) is 7.75. The summed E-state index contributed by atoms with van der Waals surface area (Å²) in [4.78, 5) is 10.9. The summed E-state index contributed by atoms with van der Waals surface area (Å²) in [5.74, 6) is -0.688. The van der Waals surface area contributed by atoms with Crippen LogP contribution in [0.15, 0.2) is 0 Å². The van der Waals surface area contributed by atoms with Crippen molar-refractivity contribution in [2.24, 2.45) is 11.5 Å². The van der Waals surface area contributed by atoms with Crippen LogP contribution in [-0.4, -0.2) is 42.0 Å². The van der Waals surface area contributed by atoms with E-state index in [1.165, 1.54) is 0 Å². The summed E-state index contributed by atoms with van der Waals surface area (Å²) in [5, 5.41) is -0.941. The maximum Gasteiger partial charge on any atom is 0.232 e. The number of amides is 1. The van der Waals surface area contributed by atoms with Crippen LogP contribution in [0.2, 0.25) is 0 Å². The van der Waals surface area contributed by atoms with Gasteiger partial charge in [-0.2, -0.15) is 4.31 Å². The average molecular weight is 295 g/mol. The Morgan fingerprint density at radius 3 is 2.22 bits per heavy atom. The van der Waals surface area contributed by atoms with E-state index < -0.39 is 21.2 Å². The van der Waals surface area contributed by atoms with Gasteiger partial charge in [0.1, 0.15) is 5.25 Å². The molecule has 0 spiro atoms. The Hall–Kier alpha value is -0.730. The number of thiocarbonyl (C=S) groups is 1. The van der Waals surface area contributed by atoms with Crippen LogP contribution in [0.3, 0.4) is 0 Å². The molecule has 0 radical (unpaired) electrons. The summed E-state index contributed by atoms with van der Waals surface area (Å²) in [6.45, 7) is 3.53. The maximum absolute atomic E-state index is 12.3. The lowest BCUT2D eigenvalue weighted by molar-refractivity contribution is -0.118. The Kier molecular flexibility index (Phi) is 7.34. The fourth-order valence-electron chi connectivity index (χ4n) is 1.54. The average Bonchev–Trinajstić information content (AvgIpc) is 2.23. The first kappa shape index (κ1) is 17.3. The van der Waals surface area contributed by atoms with Gasteiger partial charge >= 0.3 is 0 Å². The number of unbranched alkanes of at least 4 members (excludes halogenated alkanes) is 1. The molecule has 0 rings (SSSR count). The second kappa shape index (κ2) is 7.65. The SMILES string of the molecule is CCCCN(CC(N)=O)S(=O)(=O)C(CC)C(N)=S. The number of rotatable bonds is 9. The van der Waals surface area contributed by atoms with Crippen molar-refractivity contribution in [1.29, 1.82) is 0 Å². The Morgan fingerprint density at radius 2 is 1.89 bits per heavy atom. The molecule has 1 amide bonds. The number of hydrogen-bond donors (Lipinski definition) is 2. The smallest absolute Gasteiger partial charge is 0.232 e. The van der Waals surface area contributed by atoms with Gasteiger partial charge in [-0.1, -0.05) is 32.5 Å². The van der Waals surface area contributed by atoms with Crippen LogP contribution in [0.25, 0.3) is 0 Å². The lowest BCUT2D eigenvalue weighted by Gasteiger charge is -2.25. The molecule has 1 unspecified atom stereocenters. The highest BCUT2D eigenvalue weighted by Gasteiger charge is 2.33. The van der Waals surface area contributed by atoms with Crippen LogP contribution in [0, 0.1) is 0 Å². The first-order chi connectivity index (χ1) is 8.27. The molecule has 0 aromatic carbocycles. The molecular formula is C10H21N3O3S2. The molecule has 0 aromatic heterocycles. The summed E-state index contributed by atoms with van der Waals surface area (Å²) < 4.78 is 25.7. The van der Waals surface area contributed by atoms with E-state index in [4.69, 9.17) is 23.7 Å². The minimum atomic E-state index is -3.71. The van der Waals surface area contributed by atoms with Gasteiger partial charge in [0.2, 0.25) is 15.9 Å². The van der Waals surface area contributed by atoms with E-state index in [9.17, 15) is 13.2 Å². The zero-order valence-electron chi connectivity index (χ0n) is 10.8. The third-order valence-electron chi connectivity index (χ3n) is 2.50. The van der Waals surface area contributed by atoms with Gasteiger partial charge in [-0.05, 0) is 12.8 Å². The number of carbonyl (C=O) groups excluding carboxylic acids is 1. The van der Waals surface area contributed by atoms with Crippen molar-refractivity contribution in [2.45, 2.75) is 38.4 Å². The summed E-state index contributed by atoms with van der Waals surface area (Å²) in [7, 11) is -3.71. The van der Waals surface area contributed by atoms with Crippen molar-refractivity contribution in [1.82, 2.24) is 4.31 Å². The molecule has 0 bridgehead atoms. The van der Waals surface area contributed by atoms with Crippen molar-refractivity contribution in [2.75, 3.05) is 13.1 Å². The molecule has 0 saturated heterocycles. The van der Waals surface area contributed by atoms with E-state index in [1.807, 2.05) is 6.92 Å². The molecule has 0 aliphatic carbocycles. The second-order valence-electron chi connectivity index (χ2n) is 4.00. The lowest BCUT2D eigenvalue weighted by atomic mass is 10.3. The van der Waals surface area contributed by atoms with Crippen LogP contribution >= 0.6 is 12.2 Å². The zero-order chi connectivity index (χ0) is 14.3. The first-order valence-electron chi connectivity index (χ1n) is 5.83. The molecule has 0 fully saturated rings. The summed E-state index contributed by atoms with van der Waals surface area (Å²) in [5.41, 5.74) is 10.5. The molecule has 0 aliphatic rings. The molecule has 6 nitrogen and oxygen atoms in total. The van der Waals surface area contributed by atoms with Gasteiger partial charge in [0, 0.05) is 6.54 Å². The van der Waals surface area contributed by atoms with Crippen molar-refractivity contribution in [3.05, 3.63) is 0 Å². The summed E-state index contributed by atoms with van der Waals surface area (Å²) in [6.07, 6.45) is 1.74. The van der Waals surface area contributed by atoms with Gasteiger partial charge in [0.25, 0.3) is 0 Å².